The fourth-order valence-corrected chi connectivity index (χ4v) is 15.2. The van der Waals surface area contributed by atoms with Crippen LogP contribution in [0.4, 0.5) is 0 Å². The molecule has 0 N–H and O–H groups in total. The molecule has 1 aliphatic rings. The van der Waals surface area contributed by atoms with Crippen LogP contribution >= 0.6 is 8.22 Å². The Bertz CT molecular complexity index is 275. The van der Waals surface area contributed by atoms with E-state index in [-0.39, 0.29) is 19.3 Å². The van der Waals surface area contributed by atoms with E-state index >= 15 is 0 Å². The van der Waals surface area contributed by atoms with Gasteiger partial charge >= 0.3 is 14.6 Å². The summed E-state index contributed by atoms with van der Waals surface area (Å²) in [7, 11) is -0.217. The monoisotopic (exact) mass is 314 g/mol. The van der Waals surface area contributed by atoms with Gasteiger partial charge in [-0.2, -0.15) is 0 Å². The van der Waals surface area contributed by atoms with Gasteiger partial charge in [-0.15, -0.1) is 0 Å². The Morgan fingerprint density at radius 1 is 0.600 bits per heavy atom. The van der Waals surface area contributed by atoms with Crippen LogP contribution in [-0.4, -0.2) is 38.1 Å². The third-order valence-electron chi connectivity index (χ3n) is 3.62. The lowest BCUT2D eigenvalue weighted by Crippen LogP contribution is -2.75. The summed E-state index contributed by atoms with van der Waals surface area (Å²) in [6, 6.07) is 0. The number of nitrogens with zero attached hydrogens (tertiary/aromatic N) is 2. The van der Waals surface area contributed by atoms with Crippen molar-refractivity contribution in [2.45, 2.75) is 104 Å². The average Bonchev–Trinajstić information content (AvgIpc) is 1.86. The van der Waals surface area contributed by atoms with E-state index in [0.717, 1.165) is 0 Å². The Kier molecular flexibility index (Phi) is 4.93. The third kappa shape index (κ3) is 3.61. The van der Waals surface area contributed by atoms with Crippen molar-refractivity contribution >= 4 is 22.8 Å². The second kappa shape index (κ2) is 5.21. The lowest BCUT2D eigenvalue weighted by molar-refractivity contribution is 0.228. The van der Waals surface area contributed by atoms with Gasteiger partial charge in [0.2, 0.25) is 0 Å². The first-order chi connectivity index (χ1) is 8.49. The van der Waals surface area contributed by atoms with E-state index in [2.05, 4.69) is 90.4 Å². The molecule has 1 saturated heterocycles. The summed E-state index contributed by atoms with van der Waals surface area (Å²) in [5.74, 6) is 0. The Labute approximate surface area is 134 Å². The molecule has 1 rings (SSSR count). The summed E-state index contributed by atoms with van der Waals surface area (Å²) in [6.45, 7) is 29.0. The van der Waals surface area contributed by atoms with E-state index in [0.29, 0.717) is 9.43 Å². The molecular weight excluding hydrogens is 278 g/mol. The van der Waals surface area contributed by atoms with E-state index in [4.69, 9.17) is 0 Å². The van der Waals surface area contributed by atoms with Crippen molar-refractivity contribution in [2.75, 3.05) is 0 Å². The van der Waals surface area contributed by atoms with Crippen molar-refractivity contribution in [3.05, 3.63) is 0 Å². The molecule has 0 amide bonds. The zero-order valence-electron chi connectivity index (χ0n) is 15.9. The maximum absolute atomic E-state index is 2.94. The minimum atomic E-state index is -1.13. The van der Waals surface area contributed by atoms with Crippen molar-refractivity contribution in [3.8, 4) is 0 Å². The van der Waals surface area contributed by atoms with E-state index in [1.54, 1.807) is 0 Å². The lowest BCUT2D eigenvalue weighted by atomic mass is 10.1. The van der Waals surface area contributed by atoms with Gasteiger partial charge in [0, 0.05) is 13.4 Å². The Balaban J connectivity index is 3.33. The number of hydrogen-bond acceptors (Lipinski definition) is 2. The molecule has 0 spiro atoms. The van der Waals surface area contributed by atoms with E-state index in [1.165, 1.54) is 0 Å². The second-order valence-corrected chi connectivity index (χ2v) is 17.4. The lowest BCUT2D eigenvalue weighted by Gasteiger charge is -2.71. The van der Waals surface area contributed by atoms with Crippen LogP contribution in [0.2, 0.25) is 4.28 Å². The standard InChI is InChI=1S/C12H27N2P.C4H9.Al/c1-10(2,3)13-15(12(7,8)9)14-11(4,5)6;1-4(2)3;/h1-9H3;1-3H3;/q-2;;+2. The minimum Gasteiger partial charge on any atom is -0.333 e. The summed E-state index contributed by atoms with van der Waals surface area (Å²) < 4.78 is 6.28. The molecule has 0 radical (unpaired) electrons. The molecule has 118 valence electrons. The largest absolute Gasteiger partial charge is 0.504 e. The zero-order chi connectivity index (χ0) is 16.3. The van der Waals surface area contributed by atoms with Gasteiger partial charge in [-0.1, -0.05) is 41.5 Å². The maximum Gasteiger partial charge on any atom is 0.504 e. The fourth-order valence-electron chi connectivity index (χ4n) is 3.05. The SMILES string of the molecule is CC(C)(C)[N]1[Al]([C](C)(C)C)[N](C(C)(C)C)P1C(C)(C)C. The van der Waals surface area contributed by atoms with Crippen molar-refractivity contribution in [1.82, 2.24) is 7.31 Å². The summed E-state index contributed by atoms with van der Waals surface area (Å²) in [4.78, 5) is 0. The quantitative estimate of drug-likeness (QED) is 0.424. The molecule has 1 aliphatic heterocycles. The highest BCUT2D eigenvalue weighted by Crippen LogP contribution is 2.71. The Morgan fingerprint density at radius 2 is 0.900 bits per heavy atom. The second-order valence-electron chi connectivity index (χ2n) is 10.2. The van der Waals surface area contributed by atoms with Gasteiger partial charge in [0.1, 0.15) is 0 Å². The van der Waals surface area contributed by atoms with Gasteiger partial charge in [-0.25, -0.2) is 0 Å². The Morgan fingerprint density at radius 3 is 1.05 bits per heavy atom. The molecule has 1 fully saturated rings. The number of hydrogen-bond donors (Lipinski definition) is 0. The van der Waals surface area contributed by atoms with Crippen LogP contribution in [0.1, 0.15) is 83.1 Å². The predicted octanol–water partition coefficient (Wildman–Crippen LogP) is 5.60. The first kappa shape index (κ1) is 18.9. The smallest absolute Gasteiger partial charge is 0.333 e. The summed E-state index contributed by atoms with van der Waals surface area (Å²) in [6.07, 6.45) is 0. The molecule has 0 atom stereocenters. The van der Waals surface area contributed by atoms with Crippen molar-refractivity contribution in [1.29, 1.82) is 0 Å². The molecule has 4 heteroatoms. The van der Waals surface area contributed by atoms with Crippen molar-refractivity contribution in [3.63, 3.8) is 0 Å². The van der Waals surface area contributed by atoms with Crippen LogP contribution in [0, 0.1) is 0 Å². The maximum atomic E-state index is 2.94. The van der Waals surface area contributed by atoms with Gasteiger partial charge in [0.15, 0.2) is 0 Å². The highest BCUT2D eigenvalue weighted by molar-refractivity contribution is 7.62. The third-order valence-corrected chi connectivity index (χ3v) is 13.5. The molecule has 0 aromatic carbocycles. The van der Waals surface area contributed by atoms with Crippen molar-refractivity contribution in [2.24, 2.45) is 0 Å². The molecule has 0 bridgehead atoms. The highest BCUT2D eigenvalue weighted by Gasteiger charge is 2.66. The molecule has 0 aromatic rings. The summed E-state index contributed by atoms with van der Waals surface area (Å²) in [5.41, 5.74) is 0.565. The average molecular weight is 314 g/mol. The normalized spacial score (nSPS) is 21.3. The van der Waals surface area contributed by atoms with Crippen LogP contribution < -0.4 is 0 Å². The van der Waals surface area contributed by atoms with Crippen LogP contribution in [0.3, 0.4) is 0 Å². The first-order valence-corrected chi connectivity index (χ1v) is 10.7. The number of rotatable bonds is 0. The van der Waals surface area contributed by atoms with Crippen LogP contribution in [-0.2, 0) is 0 Å². The van der Waals surface area contributed by atoms with Gasteiger partial charge < -0.3 is 7.31 Å². The first-order valence-electron chi connectivity index (χ1n) is 7.88. The predicted molar refractivity (Wildman–Crippen MR) is 95.3 cm³/mol. The molecule has 0 aliphatic carbocycles. The zero-order valence-corrected chi connectivity index (χ0v) is 18.0. The molecule has 0 unspecified atom stereocenters. The minimum absolute atomic E-state index is 0.217. The molecule has 0 aromatic heterocycles. The molecule has 20 heavy (non-hydrogen) atoms. The van der Waals surface area contributed by atoms with E-state index < -0.39 is 14.6 Å². The Hall–Kier alpha value is 0.882. The molecular formula is C16H36AlN2P. The van der Waals surface area contributed by atoms with Gasteiger partial charge in [0.25, 0.3) is 0 Å². The van der Waals surface area contributed by atoms with Crippen LogP contribution in [0.25, 0.3) is 0 Å². The van der Waals surface area contributed by atoms with Gasteiger partial charge in [-0.05, 0) is 56.9 Å². The van der Waals surface area contributed by atoms with Crippen LogP contribution in [0.5, 0.6) is 0 Å². The highest BCUT2D eigenvalue weighted by atomic mass is 31.1. The van der Waals surface area contributed by atoms with E-state index in [1.807, 2.05) is 0 Å². The van der Waals surface area contributed by atoms with Crippen molar-refractivity contribution < 1.29 is 0 Å². The molecule has 1 heterocycles. The molecule has 2 nitrogen and oxygen atoms in total. The summed E-state index contributed by atoms with van der Waals surface area (Å²) in [5, 5.41) is 0.352. The summed E-state index contributed by atoms with van der Waals surface area (Å²) >= 11 is -1.13. The van der Waals surface area contributed by atoms with Gasteiger partial charge in [0.05, 0.1) is 0 Å². The van der Waals surface area contributed by atoms with Gasteiger partial charge in [-0.3, -0.25) is 0 Å². The topological polar surface area (TPSA) is 6.48 Å². The molecule has 0 saturated carbocycles. The van der Waals surface area contributed by atoms with Crippen LogP contribution in [0.15, 0.2) is 0 Å². The fraction of sp³-hybridized carbons (Fsp3) is 1.00. The van der Waals surface area contributed by atoms with E-state index in [9.17, 15) is 0 Å².